The predicted octanol–water partition coefficient (Wildman–Crippen LogP) is 1.91. The summed E-state index contributed by atoms with van der Waals surface area (Å²) in [6.07, 6.45) is 1.04. The largest absolute Gasteiger partial charge is 0.487 e. The zero-order valence-corrected chi connectivity index (χ0v) is 11.2. The van der Waals surface area contributed by atoms with Gasteiger partial charge in [0.25, 0.3) is 5.91 Å². The smallest absolute Gasteiger partial charge is 0.258 e. The molecule has 0 saturated heterocycles. The number of carbonyl (C=O) groups excluding carboxylic acids is 1. The Morgan fingerprint density at radius 1 is 1.25 bits per heavy atom. The van der Waals surface area contributed by atoms with Crippen LogP contribution in [0.25, 0.3) is 0 Å². The van der Waals surface area contributed by atoms with Crippen molar-refractivity contribution >= 4 is 5.91 Å². The van der Waals surface area contributed by atoms with Crippen molar-refractivity contribution < 1.29 is 14.3 Å². The van der Waals surface area contributed by atoms with E-state index in [0.717, 1.165) is 5.69 Å². The number of amides is 1. The van der Waals surface area contributed by atoms with Crippen molar-refractivity contribution in [1.82, 2.24) is 4.98 Å². The van der Waals surface area contributed by atoms with Gasteiger partial charge in [-0.15, -0.1) is 0 Å². The fourth-order valence-electron chi connectivity index (χ4n) is 1.54. The molecule has 0 radical (unpaired) electrons. The van der Waals surface area contributed by atoms with E-state index in [1.54, 1.807) is 31.3 Å². The van der Waals surface area contributed by atoms with Gasteiger partial charge in [-0.3, -0.25) is 9.78 Å². The lowest BCUT2D eigenvalue weighted by Gasteiger charge is -2.12. The van der Waals surface area contributed by atoms with Crippen molar-refractivity contribution in [3.05, 3.63) is 54.4 Å². The highest BCUT2D eigenvalue weighted by molar-refractivity contribution is 5.78. The van der Waals surface area contributed by atoms with Crippen molar-refractivity contribution in [3.63, 3.8) is 0 Å². The fourth-order valence-corrected chi connectivity index (χ4v) is 1.54. The molecule has 5 nitrogen and oxygen atoms in total. The molecule has 1 amide bonds. The zero-order chi connectivity index (χ0) is 14.4. The number of aromatic nitrogens is 1. The van der Waals surface area contributed by atoms with E-state index in [-0.39, 0.29) is 0 Å². The average Bonchev–Trinajstić information content (AvgIpc) is 2.46. The van der Waals surface area contributed by atoms with Crippen LogP contribution in [0.3, 0.4) is 0 Å². The third kappa shape index (κ3) is 3.98. The second-order valence-electron chi connectivity index (χ2n) is 4.25. The minimum Gasteiger partial charge on any atom is -0.487 e. The van der Waals surface area contributed by atoms with E-state index in [4.69, 9.17) is 15.2 Å². The Balaban J connectivity index is 1.97. The van der Waals surface area contributed by atoms with E-state index in [2.05, 4.69) is 4.98 Å². The summed E-state index contributed by atoms with van der Waals surface area (Å²) < 4.78 is 11.0. The summed E-state index contributed by atoms with van der Waals surface area (Å²) in [4.78, 5) is 15.1. The maximum absolute atomic E-state index is 11.0. The van der Waals surface area contributed by atoms with Crippen molar-refractivity contribution in [2.24, 2.45) is 5.73 Å². The number of hydrogen-bond acceptors (Lipinski definition) is 4. The number of benzene rings is 1. The topological polar surface area (TPSA) is 74.4 Å². The molecule has 20 heavy (non-hydrogen) atoms. The monoisotopic (exact) mass is 272 g/mol. The van der Waals surface area contributed by atoms with Gasteiger partial charge in [0.05, 0.1) is 5.69 Å². The Hall–Kier alpha value is -2.56. The first-order valence-corrected chi connectivity index (χ1v) is 6.24. The second-order valence-corrected chi connectivity index (χ2v) is 4.25. The number of carbonyl (C=O) groups is 1. The summed E-state index contributed by atoms with van der Waals surface area (Å²) in [5.74, 6) is 0.671. The van der Waals surface area contributed by atoms with Gasteiger partial charge in [0.1, 0.15) is 18.1 Å². The van der Waals surface area contributed by atoms with E-state index in [1.165, 1.54) is 0 Å². The van der Waals surface area contributed by atoms with Gasteiger partial charge in [-0.2, -0.15) is 0 Å². The Morgan fingerprint density at radius 2 is 2.05 bits per heavy atom. The van der Waals surface area contributed by atoms with Crippen LogP contribution in [-0.2, 0) is 11.4 Å². The Kier molecular flexibility index (Phi) is 4.55. The summed E-state index contributed by atoms with van der Waals surface area (Å²) in [5.41, 5.74) is 5.99. The highest BCUT2D eigenvalue weighted by Crippen LogP contribution is 2.21. The van der Waals surface area contributed by atoms with Gasteiger partial charge in [-0.05, 0) is 31.2 Å². The third-order valence-electron chi connectivity index (χ3n) is 2.63. The first-order chi connectivity index (χ1) is 9.65. The van der Waals surface area contributed by atoms with Crippen LogP contribution < -0.4 is 15.2 Å². The second kappa shape index (κ2) is 6.56. The molecule has 2 rings (SSSR count). The summed E-state index contributed by atoms with van der Waals surface area (Å²) >= 11 is 0. The quantitative estimate of drug-likeness (QED) is 0.871. The van der Waals surface area contributed by atoms with Crippen LogP contribution in [0.5, 0.6) is 11.5 Å². The van der Waals surface area contributed by atoms with Gasteiger partial charge in [-0.25, -0.2) is 0 Å². The molecule has 5 heteroatoms. The maximum Gasteiger partial charge on any atom is 0.258 e. The molecule has 1 aromatic carbocycles. The molecule has 0 bridgehead atoms. The molecule has 0 spiro atoms. The molecule has 2 aromatic rings. The van der Waals surface area contributed by atoms with Crippen LogP contribution in [-0.4, -0.2) is 17.0 Å². The molecule has 0 aliphatic heterocycles. The minimum atomic E-state index is -0.680. The van der Waals surface area contributed by atoms with Crippen LogP contribution in [0, 0.1) is 0 Å². The van der Waals surface area contributed by atoms with Gasteiger partial charge in [-0.1, -0.05) is 12.1 Å². The molecule has 0 aliphatic carbocycles. The highest BCUT2D eigenvalue weighted by atomic mass is 16.5. The number of hydrogen-bond donors (Lipinski definition) is 1. The molecule has 0 aliphatic rings. The van der Waals surface area contributed by atoms with Crippen LogP contribution in [0.2, 0.25) is 0 Å². The predicted molar refractivity (Wildman–Crippen MR) is 74.3 cm³/mol. The number of rotatable bonds is 6. The molecule has 0 unspecified atom stereocenters. The number of ether oxygens (including phenoxy) is 2. The molecule has 0 saturated carbocycles. The van der Waals surface area contributed by atoms with Gasteiger partial charge >= 0.3 is 0 Å². The maximum atomic E-state index is 11.0. The van der Waals surface area contributed by atoms with E-state index in [1.807, 2.05) is 24.3 Å². The zero-order valence-electron chi connectivity index (χ0n) is 11.2. The molecule has 0 fully saturated rings. The van der Waals surface area contributed by atoms with E-state index in [0.29, 0.717) is 18.1 Å². The van der Waals surface area contributed by atoms with Crippen LogP contribution in [0.4, 0.5) is 0 Å². The Morgan fingerprint density at radius 3 is 2.75 bits per heavy atom. The first-order valence-electron chi connectivity index (χ1n) is 6.24. The molecular formula is C15H16N2O3. The first kappa shape index (κ1) is 13.9. The molecular weight excluding hydrogens is 256 g/mol. The molecule has 2 N–H and O–H groups in total. The fraction of sp³-hybridized carbons (Fsp3) is 0.200. The summed E-state index contributed by atoms with van der Waals surface area (Å²) in [6.45, 7) is 1.97. The highest BCUT2D eigenvalue weighted by Gasteiger charge is 2.10. The Bertz CT molecular complexity index is 572. The standard InChI is InChI=1S/C15H16N2O3/c1-11(15(16)18)20-14-7-4-6-13(9-14)19-10-12-5-2-3-8-17-12/h2-9,11H,10H2,1H3,(H2,16,18)/t11-/m0/s1. The van der Waals surface area contributed by atoms with Crippen molar-refractivity contribution in [3.8, 4) is 11.5 Å². The normalized spacial score (nSPS) is 11.7. The lowest BCUT2D eigenvalue weighted by molar-refractivity contribution is -0.123. The molecule has 1 atom stereocenters. The molecule has 1 aromatic heterocycles. The summed E-state index contributed by atoms with van der Waals surface area (Å²) in [6, 6.07) is 12.7. The van der Waals surface area contributed by atoms with Gasteiger partial charge < -0.3 is 15.2 Å². The minimum absolute atomic E-state index is 0.371. The number of primary amides is 1. The van der Waals surface area contributed by atoms with Crippen LogP contribution in [0.15, 0.2) is 48.7 Å². The van der Waals surface area contributed by atoms with Crippen molar-refractivity contribution in [2.75, 3.05) is 0 Å². The van der Waals surface area contributed by atoms with Gasteiger partial charge in [0, 0.05) is 12.3 Å². The van der Waals surface area contributed by atoms with E-state index >= 15 is 0 Å². The lowest BCUT2D eigenvalue weighted by atomic mass is 10.3. The molecule has 104 valence electrons. The number of nitrogens with zero attached hydrogens (tertiary/aromatic N) is 1. The summed E-state index contributed by atoms with van der Waals surface area (Å²) in [5, 5.41) is 0. The third-order valence-corrected chi connectivity index (χ3v) is 2.63. The average molecular weight is 272 g/mol. The van der Waals surface area contributed by atoms with E-state index < -0.39 is 12.0 Å². The number of pyridine rings is 1. The number of nitrogens with two attached hydrogens (primary N) is 1. The SMILES string of the molecule is C[C@H](Oc1cccc(OCc2ccccn2)c1)C(N)=O. The van der Waals surface area contributed by atoms with E-state index in [9.17, 15) is 4.79 Å². The van der Waals surface area contributed by atoms with Gasteiger partial charge in [0.15, 0.2) is 6.10 Å². The van der Waals surface area contributed by atoms with Crippen LogP contribution in [0.1, 0.15) is 12.6 Å². The van der Waals surface area contributed by atoms with Crippen molar-refractivity contribution in [1.29, 1.82) is 0 Å². The Labute approximate surface area is 117 Å². The lowest BCUT2D eigenvalue weighted by Crippen LogP contribution is -2.30. The summed E-state index contributed by atoms with van der Waals surface area (Å²) in [7, 11) is 0. The van der Waals surface area contributed by atoms with Gasteiger partial charge in [0.2, 0.25) is 0 Å². The van der Waals surface area contributed by atoms with Crippen molar-refractivity contribution in [2.45, 2.75) is 19.6 Å². The van der Waals surface area contributed by atoms with Crippen LogP contribution >= 0.6 is 0 Å². The molecule has 1 heterocycles.